The molecule has 0 atom stereocenters. The van der Waals surface area contributed by atoms with Crippen molar-refractivity contribution in [3.63, 3.8) is 0 Å². The minimum absolute atomic E-state index is 0.399. The number of hydrogen-bond acceptors (Lipinski definition) is 6. The second-order valence-corrected chi connectivity index (χ2v) is 5.71. The van der Waals surface area contributed by atoms with Crippen molar-refractivity contribution in [1.82, 2.24) is 9.97 Å². The minimum atomic E-state index is -0.415. The van der Waals surface area contributed by atoms with Crippen molar-refractivity contribution in [2.24, 2.45) is 0 Å². The summed E-state index contributed by atoms with van der Waals surface area (Å²) < 4.78 is 4.81. The van der Waals surface area contributed by atoms with E-state index in [0.717, 1.165) is 0 Å². The summed E-state index contributed by atoms with van der Waals surface area (Å²) in [5.41, 5.74) is 3.45. The summed E-state index contributed by atoms with van der Waals surface area (Å²) in [6, 6.07) is 17.1. The number of esters is 1. The summed E-state index contributed by atoms with van der Waals surface area (Å²) >= 11 is 0. The number of nitrogens with zero attached hydrogens (tertiary/aromatic N) is 2. The Morgan fingerprint density at radius 2 is 1.85 bits per heavy atom. The molecule has 0 saturated heterocycles. The molecule has 132 valence electrons. The van der Waals surface area contributed by atoms with Gasteiger partial charge in [0.1, 0.15) is 5.82 Å². The molecular weight excluding hydrogens is 328 g/mol. The van der Waals surface area contributed by atoms with Crippen LogP contribution in [0, 0.1) is 6.92 Å². The first-order valence-corrected chi connectivity index (χ1v) is 8.23. The molecule has 26 heavy (non-hydrogen) atoms. The summed E-state index contributed by atoms with van der Waals surface area (Å²) in [6.07, 6.45) is 1.66. The maximum Gasteiger partial charge on any atom is 0.339 e. The lowest BCUT2D eigenvalue weighted by Crippen LogP contribution is -2.08. The third-order valence-corrected chi connectivity index (χ3v) is 3.96. The van der Waals surface area contributed by atoms with Gasteiger partial charge in [0, 0.05) is 12.7 Å². The van der Waals surface area contributed by atoms with Gasteiger partial charge in [0.15, 0.2) is 0 Å². The highest BCUT2D eigenvalue weighted by Crippen LogP contribution is 2.20. The number of carbonyl (C=O) groups excluding carboxylic acids is 1. The molecule has 0 spiro atoms. The molecule has 0 aliphatic carbocycles. The van der Waals surface area contributed by atoms with Gasteiger partial charge in [-0.05, 0) is 36.2 Å². The summed E-state index contributed by atoms with van der Waals surface area (Å²) in [4.78, 5) is 20.5. The SMILES string of the molecule is COC(=O)c1ccccc1Nc1nccc(NCc2ccccc2C)n1. The van der Waals surface area contributed by atoms with Gasteiger partial charge in [0.2, 0.25) is 5.95 Å². The van der Waals surface area contributed by atoms with E-state index >= 15 is 0 Å². The average Bonchev–Trinajstić information content (AvgIpc) is 2.67. The molecule has 0 aliphatic heterocycles. The number of para-hydroxylation sites is 1. The lowest BCUT2D eigenvalue weighted by Gasteiger charge is -2.11. The molecule has 0 bridgehead atoms. The summed E-state index contributed by atoms with van der Waals surface area (Å²) in [5.74, 6) is 0.680. The van der Waals surface area contributed by atoms with Crippen LogP contribution < -0.4 is 10.6 Å². The van der Waals surface area contributed by atoms with Crippen molar-refractivity contribution in [2.75, 3.05) is 17.7 Å². The van der Waals surface area contributed by atoms with Gasteiger partial charge in [-0.2, -0.15) is 4.98 Å². The minimum Gasteiger partial charge on any atom is -0.465 e. The number of aromatic nitrogens is 2. The van der Waals surface area contributed by atoms with Crippen LogP contribution in [-0.4, -0.2) is 23.0 Å². The third-order valence-electron chi connectivity index (χ3n) is 3.96. The fourth-order valence-corrected chi connectivity index (χ4v) is 2.51. The van der Waals surface area contributed by atoms with E-state index in [4.69, 9.17) is 4.74 Å². The van der Waals surface area contributed by atoms with E-state index in [1.807, 2.05) is 18.2 Å². The number of benzene rings is 2. The first kappa shape index (κ1) is 17.4. The van der Waals surface area contributed by atoms with E-state index in [9.17, 15) is 4.79 Å². The highest BCUT2D eigenvalue weighted by Gasteiger charge is 2.12. The van der Waals surface area contributed by atoms with Gasteiger partial charge < -0.3 is 15.4 Å². The Hall–Kier alpha value is -3.41. The molecule has 6 nitrogen and oxygen atoms in total. The van der Waals surface area contributed by atoms with E-state index in [2.05, 4.69) is 39.7 Å². The Bertz CT molecular complexity index is 912. The second kappa shape index (κ2) is 8.11. The predicted molar refractivity (Wildman–Crippen MR) is 102 cm³/mol. The van der Waals surface area contributed by atoms with Gasteiger partial charge >= 0.3 is 5.97 Å². The van der Waals surface area contributed by atoms with Gasteiger partial charge in [-0.1, -0.05) is 36.4 Å². The highest BCUT2D eigenvalue weighted by atomic mass is 16.5. The molecular formula is C20H20N4O2. The number of ether oxygens (including phenoxy) is 1. The van der Waals surface area contributed by atoms with Gasteiger partial charge in [0.25, 0.3) is 0 Å². The molecule has 6 heteroatoms. The third kappa shape index (κ3) is 4.16. The Morgan fingerprint density at radius 1 is 1.08 bits per heavy atom. The predicted octanol–water partition coefficient (Wildman–Crippen LogP) is 3.93. The van der Waals surface area contributed by atoms with Crippen molar-refractivity contribution in [2.45, 2.75) is 13.5 Å². The average molecular weight is 348 g/mol. The molecule has 0 aliphatic rings. The van der Waals surface area contributed by atoms with Gasteiger partial charge in [-0.25, -0.2) is 9.78 Å². The van der Waals surface area contributed by atoms with Crippen LogP contribution in [0.2, 0.25) is 0 Å². The fraction of sp³-hybridized carbons (Fsp3) is 0.150. The topological polar surface area (TPSA) is 76.1 Å². The van der Waals surface area contributed by atoms with E-state index < -0.39 is 5.97 Å². The molecule has 2 N–H and O–H groups in total. The van der Waals surface area contributed by atoms with E-state index in [-0.39, 0.29) is 0 Å². The van der Waals surface area contributed by atoms with Crippen LogP contribution in [0.4, 0.5) is 17.5 Å². The van der Waals surface area contributed by atoms with Crippen LogP contribution in [0.25, 0.3) is 0 Å². The molecule has 3 rings (SSSR count). The summed E-state index contributed by atoms with van der Waals surface area (Å²) in [6.45, 7) is 2.75. The van der Waals surface area contributed by atoms with Crippen molar-refractivity contribution in [3.8, 4) is 0 Å². The van der Waals surface area contributed by atoms with E-state index in [0.29, 0.717) is 29.6 Å². The Labute approximate surface area is 152 Å². The van der Waals surface area contributed by atoms with Gasteiger partial charge in [-0.3, -0.25) is 0 Å². The molecule has 0 amide bonds. The normalized spacial score (nSPS) is 10.2. The zero-order chi connectivity index (χ0) is 18.4. The molecule has 0 unspecified atom stereocenters. The standard InChI is InChI=1S/C20H20N4O2/c1-14-7-3-4-8-15(14)13-22-18-11-12-21-20(24-18)23-17-10-6-5-9-16(17)19(25)26-2/h3-12H,13H2,1-2H3,(H2,21,22,23,24). The van der Waals surface area contributed by atoms with Crippen molar-refractivity contribution >= 4 is 23.4 Å². The highest BCUT2D eigenvalue weighted by molar-refractivity contribution is 5.96. The van der Waals surface area contributed by atoms with Crippen molar-refractivity contribution in [1.29, 1.82) is 0 Å². The first-order valence-electron chi connectivity index (χ1n) is 8.23. The Kier molecular flexibility index (Phi) is 5.43. The molecule has 0 fully saturated rings. The van der Waals surface area contributed by atoms with Crippen LogP contribution in [0.3, 0.4) is 0 Å². The molecule has 2 aromatic carbocycles. The van der Waals surface area contributed by atoms with Crippen LogP contribution >= 0.6 is 0 Å². The largest absolute Gasteiger partial charge is 0.465 e. The lowest BCUT2D eigenvalue weighted by molar-refractivity contribution is 0.0602. The van der Waals surface area contributed by atoms with Gasteiger partial charge in [0.05, 0.1) is 18.4 Å². The van der Waals surface area contributed by atoms with Crippen LogP contribution in [-0.2, 0) is 11.3 Å². The first-order chi connectivity index (χ1) is 12.7. The zero-order valence-electron chi connectivity index (χ0n) is 14.7. The monoisotopic (exact) mass is 348 g/mol. The second-order valence-electron chi connectivity index (χ2n) is 5.71. The summed E-state index contributed by atoms with van der Waals surface area (Å²) in [7, 11) is 1.35. The van der Waals surface area contributed by atoms with Gasteiger partial charge in [-0.15, -0.1) is 0 Å². The maximum absolute atomic E-state index is 11.9. The number of aryl methyl sites for hydroxylation is 1. The van der Waals surface area contributed by atoms with Crippen molar-refractivity contribution < 1.29 is 9.53 Å². The quantitative estimate of drug-likeness (QED) is 0.658. The Balaban J connectivity index is 1.74. The van der Waals surface area contributed by atoms with Crippen LogP contribution in [0.15, 0.2) is 60.8 Å². The van der Waals surface area contributed by atoms with Crippen LogP contribution in [0.5, 0.6) is 0 Å². The number of anilines is 3. The number of rotatable bonds is 6. The molecule has 0 radical (unpaired) electrons. The van der Waals surface area contributed by atoms with Crippen LogP contribution in [0.1, 0.15) is 21.5 Å². The molecule has 3 aromatic rings. The number of methoxy groups -OCH3 is 1. The fourth-order valence-electron chi connectivity index (χ4n) is 2.51. The molecule has 1 heterocycles. The molecule has 0 saturated carbocycles. The smallest absolute Gasteiger partial charge is 0.339 e. The van der Waals surface area contributed by atoms with E-state index in [1.165, 1.54) is 18.2 Å². The van der Waals surface area contributed by atoms with Crippen molar-refractivity contribution in [3.05, 3.63) is 77.5 Å². The Morgan fingerprint density at radius 3 is 2.65 bits per heavy atom. The number of hydrogen-bond donors (Lipinski definition) is 2. The number of carbonyl (C=O) groups is 1. The maximum atomic E-state index is 11.9. The zero-order valence-corrected chi connectivity index (χ0v) is 14.7. The lowest BCUT2D eigenvalue weighted by atomic mass is 10.1. The number of nitrogens with one attached hydrogen (secondary N) is 2. The molecule has 1 aromatic heterocycles. The van der Waals surface area contributed by atoms with E-state index in [1.54, 1.807) is 30.5 Å². The summed E-state index contributed by atoms with van der Waals surface area (Å²) in [5, 5.41) is 6.37.